The molecule has 1 aromatic rings. The number of carboxylic acid groups (broad SMARTS) is 1. The number of nitrogens with zero attached hydrogens (tertiary/aromatic N) is 1. The predicted molar refractivity (Wildman–Crippen MR) is 111 cm³/mol. The summed E-state index contributed by atoms with van der Waals surface area (Å²) in [7, 11) is 0. The Bertz CT molecular complexity index is 748. The number of hydrogen-bond acceptors (Lipinski definition) is 4. The molecule has 158 valence electrons. The SMILES string of the molecule is O=C(O)CC1(CSCCN2C(=O)CC[C@@H]2/C=C/[C@@H](O)Cc2ccc(F)cc2)CC1. The minimum atomic E-state index is -0.734. The van der Waals surface area contributed by atoms with Crippen LogP contribution in [0.15, 0.2) is 36.4 Å². The van der Waals surface area contributed by atoms with Gasteiger partial charge < -0.3 is 15.1 Å². The Morgan fingerprint density at radius 2 is 2.07 bits per heavy atom. The first kappa shape index (κ1) is 21.8. The zero-order valence-electron chi connectivity index (χ0n) is 16.4. The fraction of sp³-hybridized carbons (Fsp3) is 0.545. The van der Waals surface area contributed by atoms with Gasteiger partial charge in [0.1, 0.15) is 5.82 Å². The molecule has 1 aliphatic carbocycles. The molecule has 1 saturated carbocycles. The smallest absolute Gasteiger partial charge is 0.303 e. The molecule has 2 atom stereocenters. The monoisotopic (exact) mass is 421 g/mol. The van der Waals surface area contributed by atoms with Gasteiger partial charge >= 0.3 is 5.97 Å². The van der Waals surface area contributed by atoms with Crippen LogP contribution in [0.3, 0.4) is 0 Å². The average Bonchev–Trinajstić information content (AvgIpc) is 3.33. The average molecular weight is 422 g/mol. The maximum atomic E-state index is 13.0. The fourth-order valence-electron chi connectivity index (χ4n) is 3.75. The number of hydrogen-bond donors (Lipinski definition) is 2. The summed E-state index contributed by atoms with van der Waals surface area (Å²) in [6.45, 7) is 0.635. The van der Waals surface area contributed by atoms with Crippen LogP contribution in [0.2, 0.25) is 0 Å². The molecule has 2 fully saturated rings. The zero-order valence-corrected chi connectivity index (χ0v) is 17.2. The Labute approximate surface area is 175 Å². The van der Waals surface area contributed by atoms with Crippen molar-refractivity contribution in [1.82, 2.24) is 4.90 Å². The van der Waals surface area contributed by atoms with Gasteiger partial charge in [0.2, 0.25) is 5.91 Å². The first-order valence-corrected chi connectivity index (χ1v) is 11.2. The van der Waals surface area contributed by atoms with E-state index in [9.17, 15) is 19.1 Å². The quantitative estimate of drug-likeness (QED) is 0.424. The third-order valence-corrected chi connectivity index (χ3v) is 6.94. The number of aliphatic hydroxyl groups is 1. The van der Waals surface area contributed by atoms with Gasteiger partial charge in [-0.25, -0.2) is 4.39 Å². The van der Waals surface area contributed by atoms with E-state index in [-0.39, 0.29) is 29.6 Å². The number of carboxylic acids is 1. The molecule has 1 heterocycles. The lowest BCUT2D eigenvalue weighted by molar-refractivity contribution is -0.138. The van der Waals surface area contributed by atoms with E-state index in [2.05, 4.69) is 0 Å². The number of benzene rings is 1. The van der Waals surface area contributed by atoms with Crippen molar-refractivity contribution >= 4 is 23.6 Å². The van der Waals surface area contributed by atoms with Crippen molar-refractivity contribution < 1.29 is 24.2 Å². The first-order chi connectivity index (χ1) is 13.9. The number of rotatable bonds is 11. The third-order valence-electron chi connectivity index (χ3n) is 5.66. The maximum Gasteiger partial charge on any atom is 0.303 e. The highest BCUT2D eigenvalue weighted by molar-refractivity contribution is 7.99. The lowest BCUT2D eigenvalue weighted by Gasteiger charge is -2.23. The van der Waals surface area contributed by atoms with Crippen LogP contribution in [0, 0.1) is 11.2 Å². The number of carbonyl (C=O) groups is 2. The molecule has 0 aromatic heterocycles. The molecule has 29 heavy (non-hydrogen) atoms. The molecule has 0 radical (unpaired) electrons. The van der Waals surface area contributed by atoms with E-state index in [0.29, 0.717) is 19.4 Å². The number of thioether (sulfide) groups is 1. The highest BCUT2D eigenvalue weighted by atomic mass is 32.2. The Morgan fingerprint density at radius 3 is 2.72 bits per heavy atom. The normalized spacial score (nSPS) is 21.7. The highest BCUT2D eigenvalue weighted by Gasteiger charge is 2.44. The molecule has 1 saturated heterocycles. The summed E-state index contributed by atoms with van der Waals surface area (Å²) in [6.07, 6.45) is 6.79. The van der Waals surface area contributed by atoms with E-state index >= 15 is 0 Å². The Kier molecular flexibility index (Phi) is 7.35. The molecule has 2 N–H and O–H groups in total. The molecule has 7 heteroatoms. The molecular weight excluding hydrogens is 393 g/mol. The third kappa shape index (κ3) is 6.57. The molecule has 2 aliphatic rings. The molecular formula is C22H28FNO4S. The van der Waals surface area contributed by atoms with Crippen LogP contribution in [0.5, 0.6) is 0 Å². The number of aliphatic hydroxyl groups excluding tert-OH is 1. The van der Waals surface area contributed by atoms with Gasteiger partial charge in [-0.15, -0.1) is 0 Å². The van der Waals surface area contributed by atoms with Crippen LogP contribution < -0.4 is 0 Å². The first-order valence-electron chi connectivity index (χ1n) is 10.1. The number of aliphatic carboxylic acids is 1. The van der Waals surface area contributed by atoms with E-state index in [1.165, 1.54) is 12.1 Å². The van der Waals surface area contributed by atoms with Crippen molar-refractivity contribution in [3.8, 4) is 0 Å². The second-order valence-electron chi connectivity index (χ2n) is 8.10. The Balaban J connectivity index is 1.43. The summed E-state index contributed by atoms with van der Waals surface area (Å²) in [5, 5.41) is 19.2. The van der Waals surface area contributed by atoms with Crippen LogP contribution in [0.4, 0.5) is 4.39 Å². The van der Waals surface area contributed by atoms with Crippen molar-refractivity contribution in [3.05, 3.63) is 47.8 Å². The van der Waals surface area contributed by atoms with Crippen molar-refractivity contribution in [2.24, 2.45) is 5.41 Å². The van der Waals surface area contributed by atoms with Crippen molar-refractivity contribution in [2.75, 3.05) is 18.1 Å². The molecule has 0 bridgehead atoms. The van der Waals surface area contributed by atoms with Crippen molar-refractivity contribution in [2.45, 2.75) is 50.7 Å². The zero-order chi connectivity index (χ0) is 20.9. The fourth-order valence-corrected chi connectivity index (χ4v) is 5.05. The van der Waals surface area contributed by atoms with Crippen LogP contribution in [-0.2, 0) is 16.0 Å². The van der Waals surface area contributed by atoms with E-state index < -0.39 is 12.1 Å². The molecule has 0 spiro atoms. The minimum Gasteiger partial charge on any atom is -0.481 e. The van der Waals surface area contributed by atoms with Gasteiger partial charge in [-0.1, -0.05) is 24.3 Å². The van der Waals surface area contributed by atoms with Crippen LogP contribution in [-0.4, -0.2) is 57.2 Å². The second kappa shape index (κ2) is 9.76. The summed E-state index contributed by atoms with van der Waals surface area (Å²) < 4.78 is 13.0. The minimum absolute atomic E-state index is 0.0140. The Hall–Kier alpha value is -1.86. The molecule has 5 nitrogen and oxygen atoms in total. The summed E-state index contributed by atoms with van der Waals surface area (Å²) >= 11 is 1.72. The molecule has 1 aromatic carbocycles. The van der Waals surface area contributed by atoms with Crippen molar-refractivity contribution in [3.63, 3.8) is 0 Å². The summed E-state index contributed by atoms with van der Waals surface area (Å²) in [6, 6.07) is 6.06. The van der Waals surface area contributed by atoms with Crippen LogP contribution >= 0.6 is 11.8 Å². The summed E-state index contributed by atoms with van der Waals surface area (Å²) in [5.74, 6) is 0.711. The molecule has 1 amide bonds. The van der Waals surface area contributed by atoms with Crippen molar-refractivity contribution in [1.29, 1.82) is 0 Å². The number of carbonyl (C=O) groups excluding carboxylic acids is 1. The van der Waals surface area contributed by atoms with Gasteiger partial charge in [-0.2, -0.15) is 11.8 Å². The van der Waals surface area contributed by atoms with Gasteiger partial charge in [-0.05, 0) is 48.1 Å². The van der Waals surface area contributed by atoms with E-state index in [1.54, 1.807) is 30.0 Å². The second-order valence-corrected chi connectivity index (χ2v) is 9.20. The van der Waals surface area contributed by atoms with Gasteiger partial charge in [0.05, 0.1) is 18.6 Å². The number of halogens is 1. The van der Waals surface area contributed by atoms with E-state index in [0.717, 1.165) is 36.3 Å². The van der Waals surface area contributed by atoms with Gasteiger partial charge in [0.25, 0.3) is 0 Å². The van der Waals surface area contributed by atoms with Gasteiger partial charge in [0.15, 0.2) is 0 Å². The van der Waals surface area contributed by atoms with Crippen LogP contribution in [0.25, 0.3) is 0 Å². The maximum absolute atomic E-state index is 13.0. The molecule has 3 rings (SSSR count). The number of likely N-dealkylation sites (tertiary alicyclic amines) is 1. The summed E-state index contributed by atoms with van der Waals surface area (Å²) in [5.41, 5.74) is 0.824. The lowest BCUT2D eigenvalue weighted by atomic mass is 10.1. The van der Waals surface area contributed by atoms with Crippen LogP contribution in [0.1, 0.15) is 37.7 Å². The number of amides is 1. The van der Waals surface area contributed by atoms with Gasteiger partial charge in [-0.3, -0.25) is 9.59 Å². The summed E-state index contributed by atoms with van der Waals surface area (Å²) in [4.78, 5) is 25.0. The Morgan fingerprint density at radius 1 is 1.34 bits per heavy atom. The van der Waals surface area contributed by atoms with Gasteiger partial charge in [0, 0.05) is 25.1 Å². The molecule has 1 aliphatic heterocycles. The van der Waals surface area contributed by atoms with E-state index in [1.807, 2.05) is 11.0 Å². The standard InChI is InChI=1S/C22H28FNO4S/c23-17-3-1-16(2-4-17)13-19(25)7-5-18-6-8-20(26)24(18)11-12-29-15-22(9-10-22)14-21(27)28/h1-5,7,18-19,25H,6,8-15H2,(H,27,28)/b7-5+/t18-,19+/m0/s1. The molecule has 0 unspecified atom stereocenters. The lowest BCUT2D eigenvalue weighted by Crippen LogP contribution is -2.34. The largest absolute Gasteiger partial charge is 0.481 e. The van der Waals surface area contributed by atoms with E-state index in [4.69, 9.17) is 5.11 Å². The highest BCUT2D eigenvalue weighted by Crippen LogP contribution is 2.51. The topological polar surface area (TPSA) is 77.8 Å². The predicted octanol–water partition coefficient (Wildman–Crippen LogP) is 3.26.